The van der Waals surface area contributed by atoms with Gasteiger partial charge in [0.2, 0.25) is 0 Å². The summed E-state index contributed by atoms with van der Waals surface area (Å²) in [4.78, 5) is 0. The highest BCUT2D eigenvalue weighted by atomic mass is 35.5. The van der Waals surface area contributed by atoms with E-state index in [2.05, 4.69) is 5.32 Å². The molecule has 0 saturated carbocycles. The summed E-state index contributed by atoms with van der Waals surface area (Å²) in [6.07, 6.45) is 0. The third kappa shape index (κ3) is 2.05. The molecule has 0 unspecified atom stereocenters. The van der Waals surface area contributed by atoms with Crippen molar-refractivity contribution in [2.75, 3.05) is 6.54 Å². The fraction of sp³-hybridized carbons (Fsp3) is 0.429. The van der Waals surface area contributed by atoms with Gasteiger partial charge in [-0.05, 0) is 30.3 Å². The third-order valence-electron chi connectivity index (χ3n) is 1.18. The van der Waals surface area contributed by atoms with E-state index in [0.717, 1.165) is 18.8 Å². The number of nitrogens with one attached hydrogen (secondary N) is 1. The lowest BCUT2D eigenvalue weighted by atomic mass is 10.4. The van der Waals surface area contributed by atoms with Crippen molar-refractivity contribution in [1.82, 2.24) is 5.32 Å². The fourth-order valence-corrected chi connectivity index (χ4v) is 0.857. The predicted octanol–water partition coefficient (Wildman–Crippen LogP) is 2.04. The second kappa shape index (κ2) is 3.64. The molecule has 0 aromatic carbocycles. The SMILES string of the molecule is CCNCc1ccc(Cl)o1. The van der Waals surface area contributed by atoms with E-state index in [4.69, 9.17) is 16.0 Å². The highest BCUT2D eigenvalue weighted by molar-refractivity contribution is 6.28. The summed E-state index contributed by atoms with van der Waals surface area (Å²) in [7, 11) is 0. The van der Waals surface area contributed by atoms with Crippen LogP contribution in [0.15, 0.2) is 16.5 Å². The minimum Gasteiger partial charge on any atom is -0.448 e. The molecule has 0 spiro atoms. The maximum atomic E-state index is 5.54. The Kier molecular flexibility index (Phi) is 2.78. The van der Waals surface area contributed by atoms with Gasteiger partial charge in [-0.1, -0.05) is 6.92 Å². The van der Waals surface area contributed by atoms with Gasteiger partial charge in [-0.15, -0.1) is 0 Å². The minimum atomic E-state index is 0.452. The molecular formula is C7H10ClNO. The molecule has 1 rings (SSSR count). The lowest BCUT2D eigenvalue weighted by Crippen LogP contribution is -2.10. The smallest absolute Gasteiger partial charge is 0.193 e. The first-order chi connectivity index (χ1) is 4.83. The summed E-state index contributed by atoms with van der Waals surface area (Å²) in [5, 5.41) is 3.58. The van der Waals surface area contributed by atoms with E-state index in [9.17, 15) is 0 Å². The zero-order chi connectivity index (χ0) is 7.40. The molecule has 1 heterocycles. The zero-order valence-corrected chi connectivity index (χ0v) is 6.61. The molecule has 0 aliphatic rings. The normalized spacial score (nSPS) is 10.2. The van der Waals surface area contributed by atoms with E-state index in [0.29, 0.717) is 5.22 Å². The van der Waals surface area contributed by atoms with E-state index >= 15 is 0 Å². The van der Waals surface area contributed by atoms with Gasteiger partial charge in [0.1, 0.15) is 5.76 Å². The largest absolute Gasteiger partial charge is 0.448 e. The van der Waals surface area contributed by atoms with Crippen LogP contribution in [0.25, 0.3) is 0 Å². The molecule has 56 valence electrons. The molecule has 2 nitrogen and oxygen atoms in total. The molecule has 0 radical (unpaired) electrons. The van der Waals surface area contributed by atoms with Gasteiger partial charge < -0.3 is 9.73 Å². The number of furan rings is 1. The van der Waals surface area contributed by atoms with Gasteiger partial charge in [0.25, 0.3) is 0 Å². The van der Waals surface area contributed by atoms with Crippen molar-refractivity contribution < 1.29 is 4.42 Å². The first-order valence-corrected chi connectivity index (χ1v) is 3.65. The summed E-state index contributed by atoms with van der Waals surface area (Å²) < 4.78 is 5.09. The Morgan fingerprint density at radius 3 is 2.90 bits per heavy atom. The van der Waals surface area contributed by atoms with Crippen molar-refractivity contribution in [3.63, 3.8) is 0 Å². The molecule has 1 N–H and O–H groups in total. The Morgan fingerprint density at radius 2 is 2.40 bits per heavy atom. The second-order valence-corrected chi connectivity index (χ2v) is 2.36. The van der Waals surface area contributed by atoms with Crippen LogP contribution in [-0.2, 0) is 6.54 Å². The van der Waals surface area contributed by atoms with Gasteiger partial charge in [-0.2, -0.15) is 0 Å². The molecule has 1 aromatic heterocycles. The van der Waals surface area contributed by atoms with E-state index in [1.165, 1.54) is 0 Å². The molecule has 0 fully saturated rings. The van der Waals surface area contributed by atoms with E-state index in [1.807, 2.05) is 13.0 Å². The number of hydrogen-bond acceptors (Lipinski definition) is 2. The topological polar surface area (TPSA) is 25.2 Å². The van der Waals surface area contributed by atoms with Crippen molar-refractivity contribution >= 4 is 11.6 Å². The maximum absolute atomic E-state index is 5.54. The highest BCUT2D eigenvalue weighted by Gasteiger charge is 1.96. The molecule has 0 saturated heterocycles. The molecule has 0 atom stereocenters. The van der Waals surface area contributed by atoms with Gasteiger partial charge in [-0.25, -0.2) is 0 Å². The number of halogens is 1. The average molecular weight is 160 g/mol. The predicted molar refractivity (Wildman–Crippen MR) is 41.1 cm³/mol. The third-order valence-corrected chi connectivity index (χ3v) is 1.38. The van der Waals surface area contributed by atoms with Gasteiger partial charge in [0.15, 0.2) is 5.22 Å². The molecule has 10 heavy (non-hydrogen) atoms. The Bertz CT molecular complexity index is 197. The van der Waals surface area contributed by atoms with Crippen LogP contribution >= 0.6 is 11.6 Å². The fourth-order valence-electron chi connectivity index (χ4n) is 0.695. The molecule has 1 aromatic rings. The summed E-state index contributed by atoms with van der Waals surface area (Å²) in [5.41, 5.74) is 0. The van der Waals surface area contributed by atoms with Crippen molar-refractivity contribution in [3.8, 4) is 0 Å². The summed E-state index contributed by atoms with van der Waals surface area (Å²) in [6, 6.07) is 3.61. The first-order valence-electron chi connectivity index (χ1n) is 3.28. The lowest BCUT2D eigenvalue weighted by Gasteiger charge is -1.94. The van der Waals surface area contributed by atoms with Crippen LogP contribution in [0, 0.1) is 0 Å². The second-order valence-electron chi connectivity index (χ2n) is 1.99. The summed E-state index contributed by atoms with van der Waals surface area (Å²) in [5.74, 6) is 0.881. The quantitative estimate of drug-likeness (QED) is 0.730. The maximum Gasteiger partial charge on any atom is 0.193 e. The number of rotatable bonds is 3. The first kappa shape index (κ1) is 7.63. The highest BCUT2D eigenvalue weighted by Crippen LogP contribution is 2.12. The molecular weight excluding hydrogens is 150 g/mol. The summed E-state index contributed by atoms with van der Waals surface area (Å²) in [6.45, 7) is 3.74. The Hall–Kier alpha value is -0.470. The van der Waals surface area contributed by atoms with Crippen LogP contribution in [0.5, 0.6) is 0 Å². The Balaban J connectivity index is 2.42. The number of hydrogen-bond donors (Lipinski definition) is 1. The molecule has 0 aliphatic carbocycles. The van der Waals surface area contributed by atoms with Crippen LogP contribution in [0.4, 0.5) is 0 Å². The van der Waals surface area contributed by atoms with Crippen molar-refractivity contribution in [2.45, 2.75) is 13.5 Å². The lowest BCUT2D eigenvalue weighted by molar-refractivity contribution is 0.489. The van der Waals surface area contributed by atoms with Gasteiger partial charge in [0.05, 0.1) is 6.54 Å². The van der Waals surface area contributed by atoms with Crippen LogP contribution in [0.1, 0.15) is 12.7 Å². The van der Waals surface area contributed by atoms with Crippen molar-refractivity contribution in [2.24, 2.45) is 0 Å². The Labute approximate surface area is 65.2 Å². The molecule has 0 aliphatic heterocycles. The van der Waals surface area contributed by atoms with E-state index in [-0.39, 0.29) is 0 Å². The summed E-state index contributed by atoms with van der Waals surface area (Å²) >= 11 is 5.54. The minimum absolute atomic E-state index is 0.452. The molecule has 0 amide bonds. The Morgan fingerprint density at radius 1 is 1.60 bits per heavy atom. The molecule has 3 heteroatoms. The van der Waals surface area contributed by atoms with E-state index in [1.54, 1.807) is 6.07 Å². The van der Waals surface area contributed by atoms with Crippen molar-refractivity contribution in [1.29, 1.82) is 0 Å². The standard InChI is InChI=1S/C7H10ClNO/c1-2-9-5-6-3-4-7(8)10-6/h3-4,9H,2,5H2,1H3. The zero-order valence-electron chi connectivity index (χ0n) is 5.86. The molecule has 0 bridgehead atoms. The van der Waals surface area contributed by atoms with Gasteiger partial charge in [0, 0.05) is 0 Å². The van der Waals surface area contributed by atoms with Gasteiger partial charge in [-0.3, -0.25) is 0 Å². The van der Waals surface area contributed by atoms with Crippen LogP contribution in [-0.4, -0.2) is 6.54 Å². The van der Waals surface area contributed by atoms with Crippen LogP contribution < -0.4 is 5.32 Å². The monoisotopic (exact) mass is 159 g/mol. The van der Waals surface area contributed by atoms with Crippen LogP contribution in [0.3, 0.4) is 0 Å². The van der Waals surface area contributed by atoms with Crippen LogP contribution in [0.2, 0.25) is 5.22 Å². The van der Waals surface area contributed by atoms with E-state index < -0.39 is 0 Å². The van der Waals surface area contributed by atoms with Gasteiger partial charge >= 0.3 is 0 Å². The van der Waals surface area contributed by atoms with Crippen molar-refractivity contribution in [3.05, 3.63) is 23.1 Å². The average Bonchev–Trinajstić information content (AvgIpc) is 2.31.